The van der Waals surface area contributed by atoms with Gasteiger partial charge in [0.1, 0.15) is 5.69 Å². The van der Waals surface area contributed by atoms with Gasteiger partial charge in [-0.3, -0.25) is 10.1 Å². The predicted octanol–water partition coefficient (Wildman–Crippen LogP) is 1.53. The second kappa shape index (κ2) is 3.86. The Labute approximate surface area is 94.8 Å². The van der Waals surface area contributed by atoms with Gasteiger partial charge in [-0.1, -0.05) is 11.6 Å². The van der Waals surface area contributed by atoms with E-state index in [0.717, 1.165) is 0 Å². The zero-order valence-corrected chi connectivity index (χ0v) is 8.92. The number of hydrogen-bond donors (Lipinski definition) is 0. The molecule has 2 rings (SSSR count). The normalized spacial score (nSPS) is 10.4. The van der Waals surface area contributed by atoms with Crippen molar-refractivity contribution in [3.63, 3.8) is 0 Å². The molecule has 7 nitrogen and oxygen atoms in total. The van der Waals surface area contributed by atoms with Crippen molar-refractivity contribution in [3.8, 4) is 5.82 Å². The van der Waals surface area contributed by atoms with Gasteiger partial charge < -0.3 is 0 Å². The lowest BCUT2D eigenvalue weighted by atomic mass is 10.4. The van der Waals surface area contributed by atoms with Crippen LogP contribution in [0, 0.1) is 17.0 Å². The van der Waals surface area contributed by atoms with E-state index in [0.29, 0.717) is 5.82 Å². The van der Waals surface area contributed by atoms with Gasteiger partial charge in [0.25, 0.3) is 0 Å². The van der Waals surface area contributed by atoms with Gasteiger partial charge in [-0.25, -0.2) is 0 Å². The third kappa shape index (κ3) is 1.61. The van der Waals surface area contributed by atoms with Gasteiger partial charge in [-0.05, 0) is 19.1 Å². The molecule has 0 radical (unpaired) electrons. The van der Waals surface area contributed by atoms with Gasteiger partial charge in [0, 0.05) is 6.20 Å². The van der Waals surface area contributed by atoms with Crippen molar-refractivity contribution in [1.29, 1.82) is 0 Å². The SMILES string of the molecule is Cc1nn(-c2cccnn2)c(Cl)c1[N+](=O)[O-]. The molecule has 0 unspecified atom stereocenters. The van der Waals surface area contributed by atoms with Crippen LogP contribution in [-0.2, 0) is 0 Å². The van der Waals surface area contributed by atoms with E-state index < -0.39 is 4.92 Å². The number of halogens is 1. The van der Waals surface area contributed by atoms with Gasteiger partial charge in [-0.15, -0.1) is 5.10 Å². The predicted molar refractivity (Wildman–Crippen MR) is 55.6 cm³/mol. The zero-order valence-electron chi connectivity index (χ0n) is 8.16. The summed E-state index contributed by atoms with van der Waals surface area (Å²) in [5.74, 6) is 0.337. The first-order valence-corrected chi connectivity index (χ1v) is 4.66. The van der Waals surface area contributed by atoms with Crippen molar-refractivity contribution >= 4 is 17.3 Å². The smallest absolute Gasteiger partial charge is 0.258 e. The fourth-order valence-electron chi connectivity index (χ4n) is 1.26. The first-order chi connectivity index (χ1) is 7.61. The van der Waals surface area contributed by atoms with Crippen LogP contribution in [-0.4, -0.2) is 24.9 Å². The van der Waals surface area contributed by atoms with Gasteiger partial charge in [0.05, 0.1) is 4.92 Å². The maximum absolute atomic E-state index is 10.7. The summed E-state index contributed by atoms with van der Waals surface area (Å²) < 4.78 is 1.18. The van der Waals surface area contributed by atoms with Crippen molar-refractivity contribution in [2.45, 2.75) is 6.92 Å². The molecule has 0 saturated heterocycles. The molecule has 0 aliphatic carbocycles. The molecule has 0 bridgehead atoms. The van der Waals surface area contributed by atoms with Crippen LogP contribution in [0.2, 0.25) is 5.15 Å². The molecular weight excluding hydrogens is 234 g/mol. The van der Waals surface area contributed by atoms with Crippen LogP contribution in [0.1, 0.15) is 5.69 Å². The Morgan fingerprint density at radius 2 is 2.31 bits per heavy atom. The number of rotatable bonds is 2. The largest absolute Gasteiger partial charge is 0.329 e. The third-order valence-electron chi connectivity index (χ3n) is 1.93. The van der Waals surface area contributed by atoms with E-state index in [9.17, 15) is 10.1 Å². The minimum absolute atomic E-state index is 0.0806. The molecule has 0 N–H and O–H groups in total. The minimum Gasteiger partial charge on any atom is -0.258 e. The summed E-state index contributed by atoms with van der Waals surface area (Å²) in [6.07, 6.45) is 1.49. The monoisotopic (exact) mass is 239 g/mol. The lowest BCUT2D eigenvalue weighted by Crippen LogP contribution is -2.00. The summed E-state index contributed by atoms with van der Waals surface area (Å²) in [5.41, 5.74) is 0.0213. The fourth-order valence-corrected chi connectivity index (χ4v) is 1.59. The molecule has 16 heavy (non-hydrogen) atoms. The van der Waals surface area contributed by atoms with Crippen molar-refractivity contribution in [3.05, 3.63) is 39.3 Å². The van der Waals surface area contributed by atoms with E-state index in [4.69, 9.17) is 11.6 Å². The van der Waals surface area contributed by atoms with Crippen molar-refractivity contribution in [1.82, 2.24) is 20.0 Å². The summed E-state index contributed by atoms with van der Waals surface area (Å²) in [4.78, 5) is 10.1. The molecule has 0 aliphatic heterocycles. The fraction of sp³-hybridized carbons (Fsp3) is 0.125. The molecule has 0 fully saturated rings. The van der Waals surface area contributed by atoms with E-state index >= 15 is 0 Å². The van der Waals surface area contributed by atoms with Crippen LogP contribution in [0.15, 0.2) is 18.3 Å². The Bertz CT molecular complexity index is 539. The highest BCUT2D eigenvalue weighted by Crippen LogP contribution is 2.29. The molecule has 0 spiro atoms. The van der Waals surface area contributed by atoms with E-state index in [1.165, 1.54) is 17.8 Å². The van der Waals surface area contributed by atoms with Crippen molar-refractivity contribution in [2.24, 2.45) is 0 Å². The van der Waals surface area contributed by atoms with Crippen molar-refractivity contribution < 1.29 is 4.92 Å². The van der Waals surface area contributed by atoms with Crippen LogP contribution in [0.4, 0.5) is 5.69 Å². The lowest BCUT2D eigenvalue weighted by molar-refractivity contribution is -0.385. The van der Waals surface area contributed by atoms with E-state index in [2.05, 4.69) is 15.3 Å². The van der Waals surface area contributed by atoms with Crippen molar-refractivity contribution in [2.75, 3.05) is 0 Å². The first kappa shape index (κ1) is 10.5. The average molecular weight is 240 g/mol. The highest BCUT2D eigenvalue weighted by molar-refractivity contribution is 6.32. The Hall–Kier alpha value is -2.02. The number of nitro groups is 1. The topological polar surface area (TPSA) is 86.7 Å². The van der Waals surface area contributed by atoms with E-state index in [1.54, 1.807) is 12.1 Å². The van der Waals surface area contributed by atoms with Gasteiger partial charge in [0.15, 0.2) is 5.82 Å². The summed E-state index contributed by atoms with van der Waals surface area (Å²) in [6, 6.07) is 3.25. The molecule has 0 saturated carbocycles. The number of hydrogen-bond acceptors (Lipinski definition) is 5. The lowest BCUT2D eigenvalue weighted by Gasteiger charge is -1.97. The molecule has 8 heteroatoms. The van der Waals surface area contributed by atoms with Gasteiger partial charge in [0.2, 0.25) is 5.15 Å². The highest BCUT2D eigenvalue weighted by Gasteiger charge is 2.24. The number of aromatic nitrogens is 4. The standard InChI is InChI=1S/C8H6ClN5O2/c1-5-7(14(15)16)8(9)13(12-5)6-3-2-4-10-11-6/h2-4H,1H3. The molecule has 0 amide bonds. The second-order valence-electron chi connectivity index (χ2n) is 2.98. The Kier molecular flexibility index (Phi) is 2.53. The maximum Gasteiger partial charge on any atom is 0.329 e. The molecule has 0 atom stereocenters. The third-order valence-corrected chi connectivity index (χ3v) is 2.27. The average Bonchev–Trinajstić information content (AvgIpc) is 2.55. The Balaban J connectivity index is 2.61. The second-order valence-corrected chi connectivity index (χ2v) is 3.33. The van der Waals surface area contributed by atoms with Crippen LogP contribution >= 0.6 is 11.6 Å². The highest BCUT2D eigenvalue weighted by atomic mass is 35.5. The van der Waals surface area contributed by atoms with Crippen LogP contribution < -0.4 is 0 Å². The molecule has 2 aromatic heterocycles. The molecule has 2 heterocycles. The van der Waals surface area contributed by atoms with Gasteiger partial charge >= 0.3 is 5.69 Å². The van der Waals surface area contributed by atoms with Crippen LogP contribution in [0.3, 0.4) is 0 Å². The van der Waals surface area contributed by atoms with Crippen LogP contribution in [0.5, 0.6) is 0 Å². The molecule has 2 aromatic rings. The maximum atomic E-state index is 10.7. The Morgan fingerprint density at radius 3 is 2.81 bits per heavy atom. The van der Waals surface area contributed by atoms with E-state index in [-0.39, 0.29) is 16.5 Å². The summed E-state index contributed by atoms with van der Waals surface area (Å²) in [6.45, 7) is 1.51. The zero-order chi connectivity index (χ0) is 11.7. The molecule has 0 aliphatic rings. The van der Waals surface area contributed by atoms with Gasteiger partial charge in [-0.2, -0.15) is 14.9 Å². The molecule has 82 valence electrons. The summed E-state index contributed by atoms with van der Waals surface area (Å²) in [7, 11) is 0. The Morgan fingerprint density at radius 1 is 1.56 bits per heavy atom. The quantitative estimate of drug-likeness (QED) is 0.586. The first-order valence-electron chi connectivity index (χ1n) is 4.29. The molecule has 0 aromatic carbocycles. The summed E-state index contributed by atoms with van der Waals surface area (Å²) >= 11 is 5.85. The number of nitrogens with zero attached hydrogens (tertiary/aromatic N) is 5. The van der Waals surface area contributed by atoms with E-state index in [1.807, 2.05) is 0 Å². The minimum atomic E-state index is -0.572. The molecular formula is C8H6ClN5O2. The van der Waals surface area contributed by atoms with Crippen LogP contribution in [0.25, 0.3) is 5.82 Å². The number of aryl methyl sites for hydroxylation is 1. The summed E-state index contributed by atoms with van der Waals surface area (Å²) in [5, 5.41) is 22.0.